The summed E-state index contributed by atoms with van der Waals surface area (Å²) >= 11 is 0. The first-order valence-electron chi connectivity index (χ1n) is 6.01. The van der Waals surface area contributed by atoms with E-state index in [1.54, 1.807) is 0 Å². The monoisotopic (exact) mass is 232 g/mol. The van der Waals surface area contributed by atoms with Gasteiger partial charge in [-0.2, -0.15) is 0 Å². The van der Waals surface area contributed by atoms with Crippen molar-refractivity contribution in [1.29, 1.82) is 0 Å². The van der Waals surface area contributed by atoms with E-state index in [0.717, 1.165) is 5.57 Å². The van der Waals surface area contributed by atoms with Crippen LogP contribution < -0.4 is 0 Å². The van der Waals surface area contributed by atoms with Crippen LogP contribution in [0.1, 0.15) is 0 Å². The smallest absolute Gasteiger partial charge is 0.0643 e. The second-order valence-corrected chi connectivity index (χ2v) is 3.61. The van der Waals surface area contributed by atoms with Gasteiger partial charge >= 0.3 is 0 Å². The molecule has 1 aliphatic rings. The SMILES string of the molecule is [B]CC1=C\C=C/C=C\C=C/C=C\C=C/C=C\C=C1. The molecule has 0 aliphatic heterocycles. The molecule has 0 saturated heterocycles. The van der Waals surface area contributed by atoms with Crippen molar-refractivity contribution in [1.82, 2.24) is 0 Å². The van der Waals surface area contributed by atoms with Gasteiger partial charge in [0, 0.05) is 0 Å². The molecule has 0 aromatic rings. The van der Waals surface area contributed by atoms with Crippen molar-refractivity contribution in [3.8, 4) is 0 Å². The summed E-state index contributed by atoms with van der Waals surface area (Å²) in [5, 5.41) is 0. The zero-order valence-corrected chi connectivity index (χ0v) is 10.4. The van der Waals surface area contributed by atoms with E-state index < -0.39 is 0 Å². The molecule has 2 radical (unpaired) electrons. The average Bonchev–Trinajstić information content (AvgIpc) is 2.39. The minimum Gasteiger partial charge on any atom is -0.0643 e. The van der Waals surface area contributed by atoms with Crippen LogP contribution in [-0.4, -0.2) is 7.85 Å². The van der Waals surface area contributed by atoms with Gasteiger partial charge in [0.05, 0.1) is 7.85 Å². The first-order chi connectivity index (χ1) is 8.93. The topological polar surface area (TPSA) is 0 Å². The summed E-state index contributed by atoms with van der Waals surface area (Å²) in [5.41, 5.74) is 1.09. The van der Waals surface area contributed by atoms with Gasteiger partial charge in [-0.1, -0.05) is 103 Å². The molecule has 0 saturated carbocycles. The lowest BCUT2D eigenvalue weighted by Gasteiger charge is -1.92. The quantitative estimate of drug-likeness (QED) is 0.587. The van der Waals surface area contributed by atoms with Crippen LogP contribution in [-0.2, 0) is 0 Å². The highest BCUT2D eigenvalue weighted by atomic mass is 13.9. The van der Waals surface area contributed by atoms with Crippen LogP contribution in [0, 0.1) is 0 Å². The molecule has 0 aromatic carbocycles. The maximum atomic E-state index is 5.66. The molecule has 1 aliphatic carbocycles. The molecular formula is C17H17B. The summed E-state index contributed by atoms with van der Waals surface area (Å²) in [5.74, 6) is 0. The Kier molecular flexibility index (Phi) is 7.93. The molecule has 0 aromatic heterocycles. The summed E-state index contributed by atoms with van der Waals surface area (Å²) in [4.78, 5) is 0. The van der Waals surface area contributed by atoms with Crippen molar-refractivity contribution < 1.29 is 0 Å². The Morgan fingerprint density at radius 3 is 1.39 bits per heavy atom. The van der Waals surface area contributed by atoms with E-state index in [1.807, 2.05) is 91.1 Å². The van der Waals surface area contributed by atoms with Gasteiger partial charge in [0.1, 0.15) is 0 Å². The molecule has 0 heterocycles. The van der Waals surface area contributed by atoms with Crippen molar-refractivity contribution in [2.45, 2.75) is 6.32 Å². The number of rotatable bonds is 1. The minimum absolute atomic E-state index is 0.539. The third kappa shape index (κ3) is 7.29. The van der Waals surface area contributed by atoms with E-state index in [2.05, 4.69) is 0 Å². The molecule has 18 heavy (non-hydrogen) atoms. The summed E-state index contributed by atoms with van der Waals surface area (Å²) in [6, 6.07) is 0. The standard InChI is InChI=1S/C17H17B/c18-16-17-14-12-10-8-6-4-2-1-3-5-7-9-11-13-15-17/h1-15H,16H2/b2-1-,3-1?,4-2?,5-3-,6-4-,7-5?,8-6?,9-7-,10-8-,11-9?,12-10?,13-11-,14-12?,15-13?,17-14?,17-15?. The summed E-state index contributed by atoms with van der Waals surface area (Å²) in [6.07, 6.45) is 30.4. The van der Waals surface area contributed by atoms with Crippen LogP contribution in [0.3, 0.4) is 0 Å². The molecule has 0 atom stereocenters. The Hall–Kier alpha value is -2.02. The lowest BCUT2D eigenvalue weighted by molar-refractivity contribution is 1.50. The second-order valence-electron chi connectivity index (χ2n) is 3.61. The molecule has 88 valence electrons. The Labute approximate surface area is 111 Å². The molecule has 0 amide bonds. The van der Waals surface area contributed by atoms with Crippen molar-refractivity contribution in [2.24, 2.45) is 0 Å². The van der Waals surface area contributed by atoms with E-state index in [0.29, 0.717) is 6.32 Å². The van der Waals surface area contributed by atoms with E-state index in [4.69, 9.17) is 7.85 Å². The number of hydrogen-bond donors (Lipinski definition) is 0. The van der Waals surface area contributed by atoms with E-state index in [-0.39, 0.29) is 0 Å². The lowest BCUT2D eigenvalue weighted by Crippen LogP contribution is -1.74. The fourth-order valence-corrected chi connectivity index (χ4v) is 1.26. The molecule has 0 bridgehead atoms. The average molecular weight is 232 g/mol. The summed E-state index contributed by atoms with van der Waals surface area (Å²) in [6.45, 7) is 0. The highest BCUT2D eigenvalue weighted by Gasteiger charge is 1.82. The van der Waals surface area contributed by atoms with Crippen LogP contribution in [0.5, 0.6) is 0 Å². The first-order valence-corrected chi connectivity index (χ1v) is 6.01. The molecule has 0 fully saturated rings. The van der Waals surface area contributed by atoms with E-state index >= 15 is 0 Å². The van der Waals surface area contributed by atoms with Crippen LogP contribution in [0.25, 0.3) is 0 Å². The van der Waals surface area contributed by atoms with Crippen molar-refractivity contribution >= 4 is 7.85 Å². The summed E-state index contributed by atoms with van der Waals surface area (Å²) in [7, 11) is 5.66. The first kappa shape index (κ1) is 14.0. The molecular weight excluding hydrogens is 215 g/mol. The molecule has 1 rings (SSSR count). The predicted molar refractivity (Wildman–Crippen MR) is 82.6 cm³/mol. The van der Waals surface area contributed by atoms with Crippen LogP contribution in [0.2, 0.25) is 6.32 Å². The van der Waals surface area contributed by atoms with E-state index in [9.17, 15) is 0 Å². The molecule has 0 unspecified atom stereocenters. The predicted octanol–water partition coefficient (Wildman–Crippen LogP) is 4.41. The zero-order chi connectivity index (χ0) is 12.9. The summed E-state index contributed by atoms with van der Waals surface area (Å²) < 4.78 is 0. The Morgan fingerprint density at radius 2 is 0.944 bits per heavy atom. The molecule has 1 heteroatoms. The number of hydrogen-bond acceptors (Lipinski definition) is 0. The van der Waals surface area contributed by atoms with Gasteiger partial charge in [-0.3, -0.25) is 0 Å². The molecule has 0 N–H and O–H groups in total. The second kappa shape index (κ2) is 10.2. The highest BCUT2D eigenvalue weighted by molar-refractivity contribution is 6.10. The van der Waals surface area contributed by atoms with Gasteiger partial charge in [0.15, 0.2) is 0 Å². The fraction of sp³-hybridized carbons (Fsp3) is 0.0588. The third-order valence-corrected chi connectivity index (χ3v) is 2.19. The fourth-order valence-electron chi connectivity index (χ4n) is 1.26. The van der Waals surface area contributed by atoms with Gasteiger partial charge in [-0.05, 0) is 0 Å². The zero-order valence-electron chi connectivity index (χ0n) is 10.4. The maximum Gasteiger partial charge on any atom is 0.0716 e. The van der Waals surface area contributed by atoms with Crippen LogP contribution in [0.15, 0.2) is 96.7 Å². The normalized spacial score (nSPS) is 26.8. The van der Waals surface area contributed by atoms with Crippen molar-refractivity contribution in [2.75, 3.05) is 0 Å². The third-order valence-electron chi connectivity index (χ3n) is 2.19. The molecule has 0 spiro atoms. The van der Waals surface area contributed by atoms with Crippen LogP contribution >= 0.6 is 0 Å². The Morgan fingerprint density at radius 1 is 0.556 bits per heavy atom. The van der Waals surface area contributed by atoms with Gasteiger partial charge in [-0.15, -0.1) is 0 Å². The van der Waals surface area contributed by atoms with Crippen molar-refractivity contribution in [3.05, 3.63) is 96.7 Å². The van der Waals surface area contributed by atoms with Gasteiger partial charge < -0.3 is 0 Å². The van der Waals surface area contributed by atoms with Crippen LogP contribution in [0.4, 0.5) is 0 Å². The minimum atomic E-state index is 0.539. The number of allylic oxidation sites excluding steroid dienone is 16. The van der Waals surface area contributed by atoms with Gasteiger partial charge in [0.2, 0.25) is 0 Å². The van der Waals surface area contributed by atoms with E-state index in [1.165, 1.54) is 0 Å². The Bertz CT molecular complexity index is 452. The van der Waals surface area contributed by atoms with Gasteiger partial charge in [-0.25, -0.2) is 0 Å². The van der Waals surface area contributed by atoms with Gasteiger partial charge in [0.25, 0.3) is 0 Å². The maximum absolute atomic E-state index is 5.66. The lowest BCUT2D eigenvalue weighted by atomic mass is 9.96. The Balaban J connectivity index is 2.82. The van der Waals surface area contributed by atoms with Crippen molar-refractivity contribution in [3.63, 3.8) is 0 Å². The highest BCUT2D eigenvalue weighted by Crippen LogP contribution is 2.02. The molecule has 0 nitrogen and oxygen atoms in total. The largest absolute Gasteiger partial charge is 0.0716 e.